The zero-order valence-electron chi connectivity index (χ0n) is 10.7. The Morgan fingerprint density at radius 3 is 2.44 bits per heavy atom. The van der Waals surface area contributed by atoms with Gasteiger partial charge in [0.2, 0.25) is 0 Å². The summed E-state index contributed by atoms with van der Waals surface area (Å²) in [4.78, 5) is 11.5. The van der Waals surface area contributed by atoms with E-state index in [1.807, 2.05) is 0 Å². The highest BCUT2D eigenvalue weighted by Gasteiger charge is 2.57. The number of carbonyl (C=O) groups is 1. The molecular formula is C14H22O2. The molecule has 0 N–H and O–H groups in total. The Hall–Kier alpha value is -0.790. The minimum Gasteiger partial charge on any atom is -0.459 e. The van der Waals surface area contributed by atoms with E-state index in [9.17, 15) is 4.79 Å². The van der Waals surface area contributed by atoms with Crippen LogP contribution in [0.4, 0.5) is 0 Å². The molecule has 16 heavy (non-hydrogen) atoms. The van der Waals surface area contributed by atoms with Gasteiger partial charge in [0, 0.05) is 5.57 Å². The highest BCUT2D eigenvalue weighted by Crippen LogP contribution is 2.61. The van der Waals surface area contributed by atoms with E-state index in [0.717, 1.165) is 12.3 Å². The van der Waals surface area contributed by atoms with Crippen molar-refractivity contribution in [1.29, 1.82) is 0 Å². The Morgan fingerprint density at radius 1 is 1.38 bits per heavy atom. The molecule has 0 heterocycles. The molecule has 0 radical (unpaired) electrons. The molecule has 4 unspecified atom stereocenters. The summed E-state index contributed by atoms with van der Waals surface area (Å²) < 4.78 is 5.52. The minimum absolute atomic E-state index is 0.112. The maximum Gasteiger partial charge on any atom is 0.333 e. The van der Waals surface area contributed by atoms with Crippen LogP contribution >= 0.6 is 0 Å². The Kier molecular flexibility index (Phi) is 2.64. The molecule has 2 nitrogen and oxygen atoms in total. The summed E-state index contributed by atoms with van der Waals surface area (Å²) in [6.45, 7) is 12.3. The van der Waals surface area contributed by atoms with Crippen molar-refractivity contribution in [3.8, 4) is 0 Å². The second kappa shape index (κ2) is 3.61. The topological polar surface area (TPSA) is 26.3 Å². The molecule has 0 spiro atoms. The molecule has 2 heteroatoms. The molecule has 3 fully saturated rings. The Bertz CT molecular complexity index is 330. The third kappa shape index (κ3) is 1.59. The monoisotopic (exact) mass is 222 g/mol. The molecule has 0 aliphatic heterocycles. The quantitative estimate of drug-likeness (QED) is 0.530. The van der Waals surface area contributed by atoms with Crippen molar-refractivity contribution in [1.82, 2.24) is 0 Å². The lowest BCUT2D eigenvalue weighted by molar-refractivity contribution is -0.182. The third-order valence-corrected chi connectivity index (χ3v) is 4.89. The predicted molar refractivity (Wildman–Crippen MR) is 63.9 cm³/mol. The van der Waals surface area contributed by atoms with E-state index in [1.54, 1.807) is 6.92 Å². The first-order chi connectivity index (χ1) is 7.34. The van der Waals surface area contributed by atoms with Crippen LogP contribution < -0.4 is 0 Å². The van der Waals surface area contributed by atoms with E-state index in [-0.39, 0.29) is 12.1 Å². The van der Waals surface area contributed by atoms with Gasteiger partial charge in [-0.05, 0) is 42.9 Å². The molecule has 3 saturated carbocycles. The second-order valence-electron chi connectivity index (χ2n) is 6.18. The smallest absolute Gasteiger partial charge is 0.333 e. The lowest BCUT2D eigenvalue weighted by Crippen LogP contribution is -2.57. The van der Waals surface area contributed by atoms with Crippen molar-refractivity contribution in [2.24, 2.45) is 23.2 Å². The van der Waals surface area contributed by atoms with Crippen molar-refractivity contribution in [3.63, 3.8) is 0 Å². The molecular weight excluding hydrogens is 200 g/mol. The van der Waals surface area contributed by atoms with Gasteiger partial charge in [-0.1, -0.05) is 27.4 Å². The average molecular weight is 222 g/mol. The molecule has 4 atom stereocenters. The highest BCUT2D eigenvalue weighted by molar-refractivity contribution is 5.87. The van der Waals surface area contributed by atoms with Crippen molar-refractivity contribution in [3.05, 3.63) is 12.2 Å². The lowest BCUT2D eigenvalue weighted by Gasteiger charge is -2.61. The number of carbonyl (C=O) groups excluding carboxylic acids is 1. The van der Waals surface area contributed by atoms with E-state index < -0.39 is 0 Å². The van der Waals surface area contributed by atoms with Gasteiger partial charge in [0.1, 0.15) is 6.10 Å². The number of fused-ring (bicyclic) bond motifs is 2. The lowest BCUT2D eigenvalue weighted by atomic mass is 9.45. The van der Waals surface area contributed by atoms with Crippen LogP contribution in [0.3, 0.4) is 0 Å². The fourth-order valence-corrected chi connectivity index (χ4v) is 3.50. The van der Waals surface area contributed by atoms with E-state index in [4.69, 9.17) is 4.74 Å². The van der Waals surface area contributed by atoms with Crippen LogP contribution in [0.5, 0.6) is 0 Å². The number of esters is 1. The minimum atomic E-state index is -0.226. The van der Waals surface area contributed by atoms with Gasteiger partial charge >= 0.3 is 5.97 Å². The number of hydrogen-bond donors (Lipinski definition) is 0. The van der Waals surface area contributed by atoms with Crippen LogP contribution in [0.25, 0.3) is 0 Å². The predicted octanol–water partition coefficient (Wildman–Crippen LogP) is 3.18. The van der Waals surface area contributed by atoms with Crippen molar-refractivity contribution >= 4 is 5.97 Å². The number of rotatable bonds is 2. The van der Waals surface area contributed by atoms with Gasteiger partial charge in [-0.15, -0.1) is 0 Å². The first-order valence-electron chi connectivity index (χ1n) is 6.20. The molecule has 3 aliphatic rings. The maximum atomic E-state index is 11.5. The van der Waals surface area contributed by atoms with Gasteiger partial charge in [0.25, 0.3) is 0 Å². The van der Waals surface area contributed by atoms with Crippen LogP contribution in [-0.2, 0) is 9.53 Å². The van der Waals surface area contributed by atoms with Gasteiger partial charge in [-0.3, -0.25) is 0 Å². The standard InChI is InChI=1S/C14H22O2/c1-8(2)13(15)16-12-7-10-6-11(9(12)3)14(10,4)5/h9-12H,1,6-7H2,2-5H3. The Morgan fingerprint density at radius 2 is 2.00 bits per heavy atom. The van der Waals surface area contributed by atoms with E-state index >= 15 is 0 Å². The molecule has 3 rings (SSSR count). The zero-order chi connectivity index (χ0) is 12.1. The summed E-state index contributed by atoms with van der Waals surface area (Å²) in [5, 5.41) is 0. The average Bonchev–Trinajstić information content (AvgIpc) is 2.19. The second-order valence-corrected chi connectivity index (χ2v) is 6.18. The summed E-state index contributed by atoms with van der Waals surface area (Å²) in [7, 11) is 0. The summed E-state index contributed by atoms with van der Waals surface area (Å²) in [6.07, 6.45) is 2.46. The van der Waals surface area contributed by atoms with Crippen LogP contribution in [0.15, 0.2) is 12.2 Å². The fourth-order valence-electron chi connectivity index (χ4n) is 3.50. The Labute approximate surface area is 98.1 Å². The molecule has 0 saturated heterocycles. The van der Waals surface area contributed by atoms with Gasteiger partial charge in [0.15, 0.2) is 0 Å². The molecule has 90 valence electrons. The van der Waals surface area contributed by atoms with Crippen molar-refractivity contribution < 1.29 is 9.53 Å². The number of ether oxygens (including phenoxy) is 1. The SMILES string of the molecule is C=C(C)C(=O)OC1CC2CC(C1C)C2(C)C. The van der Waals surface area contributed by atoms with Crippen LogP contribution in [0.1, 0.15) is 40.5 Å². The van der Waals surface area contributed by atoms with Crippen LogP contribution in [0, 0.1) is 23.2 Å². The van der Waals surface area contributed by atoms with Gasteiger partial charge in [-0.25, -0.2) is 4.79 Å². The molecule has 0 aromatic rings. The molecule has 2 bridgehead atoms. The van der Waals surface area contributed by atoms with Gasteiger partial charge in [0.05, 0.1) is 0 Å². The third-order valence-electron chi connectivity index (χ3n) is 4.89. The largest absolute Gasteiger partial charge is 0.459 e. The maximum absolute atomic E-state index is 11.5. The van der Waals surface area contributed by atoms with Gasteiger partial charge in [-0.2, -0.15) is 0 Å². The summed E-state index contributed by atoms with van der Waals surface area (Å²) in [5.41, 5.74) is 0.955. The Balaban J connectivity index is 2.01. The summed E-state index contributed by atoms with van der Waals surface area (Å²) >= 11 is 0. The molecule has 0 amide bonds. The summed E-state index contributed by atoms with van der Waals surface area (Å²) in [5.74, 6) is 1.71. The number of hydrogen-bond acceptors (Lipinski definition) is 2. The van der Waals surface area contributed by atoms with Crippen molar-refractivity contribution in [2.45, 2.75) is 46.6 Å². The first-order valence-corrected chi connectivity index (χ1v) is 6.20. The van der Waals surface area contributed by atoms with E-state index in [2.05, 4.69) is 27.4 Å². The molecule has 0 aromatic heterocycles. The normalized spacial score (nSPS) is 39.8. The van der Waals surface area contributed by atoms with Gasteiger partial charge < -0.3 is 4.74 Å². The van der Waals surface area contributed by atoms with Crippen LogP contribution in [-0.4, -0.2) is 12.1 Å². The highest BCUT2D eigenvalue weighted by atomic mass is 16.5. The van der Waals surface area contributed by atoms with E-state index in [1.165, 1.54) is 6.42 Å². The summed E-state index contributed by atoms with van der Waals surface area (Å²) in [6, 6.07) is 0. The zero-order valence-corrected chi connectivity index (χ0v) is 10.7. The van der Waals surface area contributed by atoms with Crippen LogP contribution in [0.2, 0.25) is 0 Å². The molecule has 0 aromatic carbocycles. The van der Waals surface area contributed by atoms with E-state index in [0.29, 0.717) is 22.8 Å². The fraction of sp³-hybridized carbons (Fsp3) is 0.786. The first kappa shape index (κ1) is 11.7. The van der Waals surface area contributed by atoms with Crippen molar-refractivity contribution in [2.75, 3.05) is 0 Å². The molecule has 3 aliphatic carbocycles.